The molecule has 0 fully saturated rings. The Bertz CT molecular complexity index is 506. The molecule has 0 aromatic carbocycles. The lowest BCUT2D eigenvalue weighted by Crippen LogP contribution is -2.41. The maximum absolute atomic E-state index is 12.0. The Balaban J connectivity index is 2.67. The molecule has 0 radical (unpaired) electrons. The maximum Gasteiger partial charge on any atom is 0.410 e. The third-order valence-corrected chi connectivity index (χ3v) is 3.36. The standard InChI is InChI=1S/C13H17N3O5S/c1-2-8-21-13(20)16(10-11-14-3-9-22-11)5-4-15(6-7-17)12(18)19/h2-3,7,9H,1,4-6,8,10H2,(H,18,19). The van der Waals surface area contributed by atoms with Crippen molar-refractivity contribution in [2.24, 2.45) is 0 Å². The van der Waals surface area contributed by atoms with Crippen molar-refractivity contribution in [3.05, 3.63) is 29.2 Å². The summed E-state index contributed by atoms with van der Waals surface area (Å²) in [6, 6.07) is 0. The van der Waals surface area contributed by atoms with Gasteiger partial charge >= 0.3 is 12.2 Å². The first-order valence-corrected chi connectivity index (χ1v) is 7.29. The van der Waals surface area contributed by atoms with E-state index in [-0.39, 0.29) is 32.8 Å². The number of carbonyl (C=O) groups excluding carboxylic acids is 2. The highest BCUT2D eigenvalue weighted by atomic mass is 32.1. The van der Waals surface area contributed by atoms with Gasteiger partial charge in [0.2, 0.25) is 0 Å². The molecule has 1 N–H and O–H groups in total. The van der Waals surface area contributed by atoms with Gasteiger partial charge < -0.3 is 14.6 Å². The van der Waals surface area contributed by atoms with Gasteiger partial charge in [-0.3, -0.25) is 9.80 Å². The zero-order valence-electron chi connectivity index (χ0n) is 11.9. The van der Waals surface area contributed by atoms with Crippen LogP contribution in [-0.4, -0.2) is 64.6 Å². The fourth-order valence-corrected chi connectivity index (χ4v) is 2.18. The first-order valence-electron chi connectivity index (χ1n) is 6.41. The van der Waals surface area contributed by atoms with E-state index in [1.165, 1.54) is 22.3 Å². The zero-order valence-corrected chi connectivity index (χ0v) is 12.7. The zero-order chi connectivity index (χ0) is 16.4. The number of aldehydes is 1. The minimum Gasteiger partial charge on any atom is -0.465 e. The van der Waals surface area contributed by atoms with E-state index in [4.69, 9.17) is 9.84 Å². The molecule has 120 valence electrons. The van der Waals surface area contributed by atoms with Crippen LogP contribution in [0.25, 0.3) is 0 Å². The quantitative estimate of drug-likeness (QED) is 0.544. The number of carboxylic acid groups (broad SMARTS) is 1. The van der Waals surface area contributed by atoms with Crippen molar-refractivity contribution in [2.45, 2.75) is 6.54 Å². The molecule has 1 aromatic heterocycles. The van der Waals surface area contributed by atoms with E-state index in [0.717, 1.165) is 4.90 Å². The summed E-state index contributed by atoms with van der Waals surface area (Å²) in [4.78, 5) is 39.7. The fraction of sp³-hybridized carbons (Fsp3) is 0.385. The molecule has 0 spiro atoms. The van der Waals surface area contributed by atoms with Crippen LogP contribution in [0.2, 0.25) is 0 Å². The summed E-state index contributed by atoms with van der Waals surface area (Å²) < 4.78 is 4.97. The van der Waals surface area contributed by atoms with Crippen molar-refractivity contribution in [1.29, 1.82) is 0 Å². The van der Waals surface area contributed by atoms with Gasteiger partial charge in [0, 0.05) is 24.7 Å². The Morgan fingerprint density at radius 2 is 2.14 bits per heavy atom. The summed E-state index contributed by atoms with van der Waals surface area (Å²) in [6.07, 6.45) is 1.74. The van der Waals surface area contributed by atoms with E-state index in [1.54, 1.807) is 11.6 Å². The number of aromatic nitrogens is 1. The lowest BCUT2D eigenvalue weighted by molar-refractivity contribution is -0.108. The Labute approximate surface area is 131 Å². The highest BCUT2D eigenvalue weighted by molar-refractivity contribution is 7.09. The van der Waals surface area contributed by atoms with E-state index in [2.05, 4.69) is 11.6 Å². The van der Waals surface area contributed by atoms with E-state index in [0.29, 0.717) is 11.3 Å². The second-order valence-electron chi connectivity index (χ2n) is 4.11. The molecule has 1 aromatic rings. The molecule has 1 rings (SSSR count). The minimum atomic E-state index is -1.22. The number of hydrogen-bond donors (Lipinski definition) is 1. The topological polar surface area (TPSA) is 100 Å². The number of ether oxygens (including phenoxy) is 1. The SMILES string of the molecule is C=CCOC(=O)N(CCN(CC=O)C(=O)O)Cc1nccs1. The minimum absolute atomic E-state index is 0.00262. The highest BCUT2D eigenvalue weighted by Gasteiger charge is 2.19. The summed E-state index contributed by atoms with van der Waals surface area (Å²) in [5.74, 6) is 0. The van der Waals surface area contributed by atoms with E-state index >= 15 is 0 Å². The van der Waals surface area contributed by atoms with Gasteiger partial charge in [-0.15, -0.1) is 11.3 Å². The normalized spacial score (nSPS) is 9.82. The Morgan fingerprint density at radius 1 is 1.41 bits per heavy atom. The molecule has 0 saturated heterocycles. The molecule has 0 bridgehead atoms. The highest BCUT2D eigenvalue weighted by Crippen LogP contribution is 2.09. The van der Waals surface area contributed by atoms with Crippen molar-refractivity contribution >= 4 is 29.8 Å². The molecule has 2 amide bonds. The van der Waals surface area contributed by atoms with Crippen molar-refractivity contribution in [3.8, 4) is 0 Å². The number of amides is 2. The van der Waals surface area contributed by atoms with Gasteiger partial charge in [-0.25, -0.2) is 14.6 Å². The van der Waals surface area contributed by atoms with E-state index in [1.807, 2.05) is 0 Å². The van der Waals surface area contributed by atoms with Crippen LogP contribution in [0.15, 0.2) is 24.2 Å². The lowest BCUT2D eigenvalue weighted by atomic mass is 10.4. The number of hydrogen-bond acceptors (Lipinski definition) is 6. The van der Waals surface area contributed by atoms with Gasteiger partial charge in [0.15, 0.2) is 0 Å². The summed E-state index contributed by atoms with van der Waals surface area (Å²) in [6.45, 7) is 3.58. The van der Waals surface area contributed by atoms with Crippen LogP contribution in [0.4, 0.5) is 9.59 Å². The summed E-state index contributed by atoms with van der Waals surface area (Å²) in [5, 5.41) is 11.4. The number of nitrogens with zero attached hydrogens (tertiary/aromatic N) is 3. The summed E-state index contributed by atoms with van der Waals surface area (Å²) in [7, 11) is 0. The Kier molecular flexibility index (Phi) is 7.62. The van der Waals surface area contributed by atoms with Crippen LogP contribution in [0.5, 0.6) is 0 Å². The van der Waals surface area contributed by atoms with Crippen LogP contribution in [0.1, 0.15) is 5.01 Å². The number of thiazole rings is 1. The van der Waals surface area contributed by atoms with Crippen molar-refractivity contribution in [3.63, 3.8) is 0 Å². The molecular weight excluding hydrogens is 310 g/mol. The average molecular weight is 327 g/mol. The van der Waals surface area contributed by atoms with Crippen LogP contribution >= 0.6 is 11.3 Å². The molecule has 0 saturated carbocycles. The lowest BCUT2D eigenvalue weighted by Gasteiger charge is -2.24. The molecular formula is C13H17N3O5S. The van der Waals surface area contributed by atoms with Crippen molar-refractivity contribution in [2.75, 3.05) is 26.2 Å². The molecule has 0 aliphatic carbocycles. The molecule has 0 aliphatic rings. The average Bonchev–Trinajstić information content (AvgIpc) is 3.00. The summed E-state index contributed by atoms with van der Waals surface area (Å²) in [5.41, 5.74) is 0. The molecule has 0 atom stereocenters. The van der Waals surface area contributed by atoms with Gasteiger partial charge in [0.1, 0.15) is 17.9 Å². The van der Waals surface area contributed by atoms with Crippen molar-refractivity contribution in [1.82, 2.24) is 14.8 Å². The second-order valence-corrected chi connectivity index (χ2v) is 5.09. The number of carbonyl (C=O) groups is 3. The predicted octanol–water partition coefficient (Wildman–Crippen LogP) is 1.45. The molecule has 22 heavy (non-hydrogen) atoms. The smallest absolute Gasteiger partial charge is 0.410 e. The fourth-order valence-electron chi connectivity index (χ4n) is 1.55. The summed E-state index contributed by atoms with van der Waals surface area (Å²) >= 11 is 1.38. The van der Waals surface area contributed by atoms with Gasteiger partial charge in [-0.2, -0.15) is 0 Å². The van der Waals surface area contributed by atoms with Crippen molar-refractivity contribution < 1.29 is 24.2 Å². The third-order valence-electron chi connectivity index (χ3n) is 2.60. The van der Waals surface area contributed by atoms with E-state index in [9.17, 15) is 14.4 Å². The van der Waals surface area contributed by atoms with Crippen LogP contribution in [0, 0.1) is 0 Å². The first-order chi connectivity index (χ1) is 10.6. The third kappa shape index (κ3) is 5.92. The van der Waals surface area contributed by atoms with Gasteiger partial charge in [0.25, 0.3) is 0 Å². The number of rotatable bonds is 9. The van der Waals surface area contributed by atoms with Gasteiger partial charge in [-0.1, -0.05) is 12.7 Å². The largest absolute Gasteiger partial charge is 0.465 e. The first kappa shape index (κ1) is 17.6. The van der Waals surface area contributed by atoms with Gasteiger partial charge in [-0.05, 0) is 0 Å². The predicted molar refractivity (Wildman–Crippen MR) is 79.7 cm³/mol. The van der Waals surface area contributed by atoms with E-state index < -0.39 is 12.2 Å². The second kappa shape index (κ2) is 9.50. The van der Waals surface area contributed by atoms with Crippen LogP contribution in [0.3, 0.4) is 0 Å². The Hall–Kier alpha value is -2.42. The van der Waals surface area contributed by atoms with Crippen LogP contribution < -0.4 is 0 Å². The monoisotopic (exact) mass is 327 g/mol. The Morgan fingerprint density at radius 3 is 2.68 bits per heavy atom. The molecule has 0 unspecified atom stereocenters. The van der Waals surface area contributed by atoms with Gasteiger partial charge in [0.05, 0.1) is 13.1 Å². The maximum atomic E-state index is 12.0. The molecule has 1 heterocycles. The molecule has 0 aliphatic heterocycles. The molecule has 8 nitrogen and oxygen atoms in total. The van der Waals surface area contributed by atoms with Crippen LogP contribution in [-0.2, 0) is 16.1 Å². The molecule has 9 heteroatoms.